The van der Waals surface area contributed by atoms with Gasteiger partial charge in [0.15, 0.2) is 17.8 Å². The van der Waals surface area contributed by atoms with Gasteiger partial charge in [0, 0.05) is 18.7 Å². The Kier molecular flexibility index (Phi) is 4.24. The van der Waals surface area contributed by atoms with Crippen LogP contribution in [0.25, 0.3) is 11.3 Å². The molecule has 2 aromatic carbocycles. The van der Waals surface area contributed by atoms with Gasteiger partial charge in [-0.25, -0.2) is 4.98 Å². The normalized spacial score (nSPS) is 16.0. The van der Waals surface area contributed by atoms with Crippen molar-refractivity contribution < 1.29 is 19.1 Å². The van der Waals surface area contributed by atoms with Crippen LogP contribution in [0.15, 0.2) is 59.3 Å². The number of hydrogen-bond acceptors (Lipinski definition) is 4. The summed E-state index contributed by atoms with van der Waals surface area (Å²) in [6, 6.07) is 14.9. The predicted molar refractivity (Wildman–Crippen MR) is 98.2 cm³/mol. The third-order valence-electron chi connectivity index (χ3n) is 4.86. The van der Waals surface area contributed by atoms with Gasteiger partial charge in [-0.1, -0.05) is 54.1 Å². The molecule has 0 radical (unpaired) electrons. The van der Waals surface area contributed by atoms with Crippen molar-refractivity contribution in [3.8, 4) is 11.3 Å². The van der Waals surface area contributed by atoms with Gasteiger partial charge in [0.1, 0.15) is 0 Å². The first-order valence-corrected chi connectivity index (χ1v) is 8.65. The molecule has 1 aliphatic rings. The Morgan fingerprint density at radius 3 is 2.63 bits per heavy atom. The molecule has 136 valence electrons. The van der Waals surface area contributed by atoms with Crippen LogP contribution in [-0.2, 0) is 11.3 Å². The minimum Gasteiger partial charge on any atom is -0.481 e. The summed E-state index contributed by atoms with van der Waals surface area (Å²) in [7, 11) is 0. The van der Waals surface area contributed by atoms with E-state index in [1.165, 1.54) is 11.3 Å². The fourth-order valence-corrected chi connectivity index (χ4v) is 3.43. The Balaban J connectivity index is 1.68. The second kappa shape index (κ2) is 6.72. The maximum absolute atomic E-state index is 13.1. The fourth-order valence-electron chi connectivity index (χ4n) is 3.43. The number of benzene rings is 2. The number of carboxylic acids is 1. The third kappa shape index (κ3) is 3.10. The number of oxazole rings is 1. The molecule has 1 unspecified atom stereocenters. The van der Waals surface area contributed by atoms with E-state index in [2.05, 4.69) is 4.98 Å². The van der Waals surface area contributed by atoms with Crippen molar-refractivity contribution in [2.24, 2.45) is 0 Å². The number of carbonyl (C=O) groups excluding carboxylic acids is 1. The molecule has 1 aliphatic heterocycles. The minimum absolute atomic E-state index is 0.103. The van der Waals surface area contributed by atoms with E-state index >= 15 is 0 Å². The zero-order chi connectivity index (χ0) is 19.0. The van der Waals surface area contributed by atoms with Crippen molar-refractivity contribution in [1.82, 2.24) is 9.88 Å². The average Bonchev–Trinajstić information content (AvgIpc) is 3.16. The molecule has 27 heavy (non-hydrogen) atoms. The second-order valence-electron chi connectivity index (χ2n) is 6.67. The molecule has 0 spiro atoms. The molecule has 1 N–H and O–H groups in total. The lowest BCUT2D eigenvalue weighted by molar-refractivity contribution is -0.139. The fraction of sp³-hybridized carbons (Fsp3) is 0.190. The van der Waals surface area contributed by atoms with E-state index in [0.717, 1.165) is 22.3 Å². The van der Waals surface area contributed by atoms with Gasteiger partial charge in [-0.05, 0) is 18.1 Å². The van der Waals surface area contributed by atoms with Crippen molar-refractivity contribution in [1.29, 1.82) is 0 Å². The van der Waals surface area contributed by atoms with E-state index < -0.39 is 11.9 Å². The Morgan fingerprint density at radius 2 is 1.89 bits per heavy atom. The largest absolute Gasteiger partial charge is 0.481 e. The molecule has 0 bridgehead atoms. The molecule has 1 aromatic heterocycles. The Hall–Kier alpha value is -3.41. The molecule has 6 heteroatoms. The van der Waals surface area contributed by atoms with Gasteiger partial charge < -0.3 is 14.4 Å². The molecule has 0 aliphatic carbocycles. The van der Waals surface area contributed by atoms with Crippen molar-refractivity contribution in [3.05, 3.63) is 77.3 Å². The highest BCUT2D eigenvalue weighted by Gasteiger charge is 2.34. The molecular weight excluding hydrogens is 344 g/mol. The summed E-state index contributed by atoms with van der Waals surface area (Å²) in [5.41, 5.74) is 3.65. The van der Waals surface area contributed by atoms with Gasteiger partial charge in [0.2, 0.25) is 0 Å². The van der Waals surface area contributed by atoms with Crippen molar-refractivity contribution in [3.63, 3.8) is 0 Å². The second-order valence-corrected chi connectivity index (χ2v) is 6.67. The zero-order valence-corrected chi connectivity index (χ0v) is 14.8. The summed E-state index contributed by atoms with van der Waals surface area (Å²) in [6.07, 6.45) is 1.25. The van der Waals surface area contributed by atoms with Crippen LogP contribution in [0.2, 0.25) is 0 Å². The number of aliphatic carboxylic acids is 1. The number of fused-ring (bicyclic) bond motifs is 1. The van der Waals surface area contributed by atoms with Crippen LogP contribution in [0.3, 0.4) is 0 Å². The smallest absolute Gasteiger partial charge is 0.312 e. The van der Waals surface area contributed by atoms with E-state index in [9.17, 15) is 14.7 Å². The van der Waals surface area contributed by atoms with Crippen LogP contribution in [-0.4, -0.2) is 33.4 Å². The maximum Gasteiger partial charge on any atom is 0.312 e. The van der Waals surface area contributed by atoms with Crippen LogP contribution < -0.4 is 0 Å². The Bertz CT molecular complexity index is 1010. The highest BCUT2D eigenvalue weighted by molar-refractivity contribution is 5.98. The van der Waals surface area contributed by atoms with E-state index in [4.69, 9.17) is 4.42 Å². The lowest BCUT2D eigenvalue weighted by Crippen LogP contribution is -2.40. The number of amides is 1. The van der Waals surface area contributed by atoms with Crippen LogP contribution in [0.5, 0.6) is 0 Å². The van der Waals surface area contributed by atoms with Crippen molar-refractivity contribution in [2.75, 3.05) is 6.54 Å². The molecule has 1 amide bonds. The van der Waals surface area contributed by atoms with Gasteiger partial charge in [0.05, 0.1) is 5.92 Å². The molecule has 1 atom stereocenters. The molecule has 2 heterocycles. The lowest BCUT2D eigenvalue weighted by Gasteiger charge is -2.32. The van der Waals surface area contributed by atoms with Crippen molar-refractivity contribution in [2.45, 2.75) is 19.4 Å². The van der Waals surface area contributed by atoms with Crippen LogP contribution >= 0.6 is 0 Å². The minimum atomic E-state index is -0.945. The van der Waals surface area contributed by atoms with Gasteiger partial charge in [-0.3, -0.25) is 9.59 Å². The molecule has 4 rings (SSSR count). The first-order valence-electron chi connectivity index (χ1n) is 8.65. The van der Waals surface area contributed by atoms with E-state index in [1.807, 2.05) is 55.5 Å². The summed E-state index contributed by atoms with van der Waals surface area (Å²) in [5.74, 6) is -1.64. The number of carboxylic acid groups (broad SMARTS) is 1. The summed E-state index contributed by atoms with van der Waals surface area (Å²) < 4.78 is 5.47. The number of nitrogens with zero attached hydrogens (tertiary/aromatic N) is 2. The maximum atomic E-state index is 13.1. The highest BCUT2D eigenvalue weighted by Crippen LogP contribution is 2.31. The molecule has 3 aromatic rings. The Labute approximate surface area is 156 Å². The number of aromatic nitrogens is 1. The molecule has 0 saturated heterocycles. The lowest BCUT2D eigenvalue weighted by atomic mass is 9.89. The standard InChI is InChI=1S/C21H18N2O4/c1-13-6-8-14(9-7-13)19-18(22-12-27-19)20(24)23-10-15-4-2-3-5-16(15)17(11-23)21(25)26/h2-9,12,17H,10-11H2,1H3,(H,25,26). The number of hydrogen-bond donors (Lipinski definition) is 1. The predicted octanol–water partition coefficient (Wildman–Crippen LogP) is 3.47. The highest BCUT2D eigenvalue weighted by atomic mass is 16.4. The molecular formula is C21H18N2O4. The van der Waals surface area contributed by atoms with Gasteiger partial charge >= 0.3 is 5.97 Å². The average molecular weight is 362 g/mol. The van der Waals surface area contributed by atoms with Crippen LogP contribution in [0.4, 0.5) is 0 Å². The summed E-state index contributed by atoms with van der Waals surface area (Å²) in [5, 5.41) is 9.60. The first-order chi connectivity index (χ1) is 13.0. The van der Waals surface area contributed by atoms with Gasteiger partial charge in [0.25, 0.3) is 5.91 Å². The van der Waals surface area contributed by atoms with E-state index in [1.54, 1.807) is 0 Å². The summed E-state index contributed by atoms with van der Waals surface area (Å²) in [4.78, 5) is 30.5. The zero-order valence-electron chi connectivity index (χ0n) is 14.8. The Morgan fingerprint density at radius 1 is 1.15 bits per heavy atom. The van der Waals surface area contributed by atoms with Crippen molar-refractivity contribution >= 4 is 11.9 Å². The topological polar surface area (TPSA) is 83.6 Å². The first kappa shape index (κ1) is 17.0. The number of aryl methyl sites for hydroxylation is 1. The SMILES string of the molecule is Cc1ccc(-c2ocnc2C(=O)N2Cc3ccccc3C(C(=O)O)C2)cc1. The summed E-state index contributed by atoms with van der Waals surface area (Å²) >= 11 is 0. The number of carbonyl (C=O) groups is 2. The van der Waals surface area contributed by atoms with E-state index in [-0.39, 0.29) is 18.1 Å². The molecule has 0 fully saturated rings. The van der Waals surface area contributed by atoms with Gasteiger partial charge in [-0.2, -0.15) is 0 Å². The molecule has 0 saturated carbocycles. The monoisotopic (exact) mass is 362 g/mol. The van der Waals surface area contributed by atoms with Crippen LogP contribution in [0.1, 0.15) is 33.1 Å². The van der Waals surface area contributed by atoms with E-state index in [0.29, 0.717) is 12.3 Å². The quantitative estimate of drug-likeness (QED) is 0.771. The third-order valence-corrected chi connectivity index (χ3v) is 4.86. The van der Waals surface area contributed by atoms with Gasteiger partial charge in [-0.15, -0.1) is 0 Å². The summed E-state index contributed by atoms with van der Waals surface area (Å²) in [6.45, 7) is 2.43. The number of rotatable bonds is 3. The molecule has 6 nitrogen and oxygen atoms in total. The van der Waals surface area contributed by atoms with Crippen LogP contribution in [0, 0.1) is 6.92 Å².